The van der Waals surface area contributed by atoms with Crippen LogP contribution in [0.15, 0.2) is 60.3 Å². The number of nitrogens with one attached hydrogen (secondary N) is 2. The molecule has 0 radical (unpaired) electrons. The summed E-state index contributed by atoms with van der Waals surface area (Å²) in [6, 6.07) is 12.0. The van der Waals surface area contributed by atoms with Gasteiger partial charge in [-0.2, -0.15) is 0 Å². The molecular weight excluding hydrogens is 481 g/mol. The number of rotatable bonds is 9. The van der Waals surface area contributed by atoms with Crippen LogP contribution in [0.1, 0.15) is 34.7 Å². The number of hydrogen-bond donors (Lipinski definition) is 2. The van der Waals surface area contributed by atoms with Crippen LogP contribution in [-0.2, 0) is 11.3 Å². The highest BCUT2D eigenvalue weighted by Crippen LogP contribution is 2.30. The minimum absolute atomic E-state index is 0.0855. The van der Waals surface area contributed by atoms with Crippen molar-refractivity contribution in [3.8, 4) is 0 Å². The Kier molecular flexibility index (Phi) is 8.55. The summed E-state index contributed by atoms with van der Waals surface area (Å²) in [6.07, 6.45) is 1.71. The predicted octanol–water partition coefficient (Wildman–Crippen LogP) is 5.30. The first-order valence-electron chi connectivity index (χ1n) is 10.1. The Bertz CT molecular complexity index is 1180. The van der Waals surface area contributed by atoms with Crippen molar-refractivity contribution in [2.75, 3.05) is 11.1 Å². The Labute approximate surface area is 206 Å². The van der Waals surface area contributed by atoms with Crippen LogP contribution in [0.25, 0.3) is 0 Å². The van der Waals surface area contributed by atoms with Crippen LogP contribution in [0, 0.1) is 6.92 Å². The number of benzene rings is 2. The normalized spacial score (nSPS) is 11.6. The molecule has 1 aromatic heterocycles. The van der Waals surface area contributed by atoms with E-state index in [1.165, 1.54) is 11.8 Å². The first-order chi connectivity index (χ1) is 15.8. The van der Waals surface area contributed by atoms with Crippen LogP contribution in [0.4, 0.5) is 5.69 Å². The number of carbonyl (C=O) groups excluding carboxylic acids is 2. The van der Waals surface area contributed by atoms with E-state index in [4.69, 9.17) is 23.2 Å². The smallest absolute Gasteiger partial charge is 0.251 e. The van der Waals surface area contributed by atoms with Crippen molar-refractivity contribution >= 4 is 52.5 Å². The van der Waals surface area contributed by atoms with E-state index >= 15 is 0 Å². The first kappa shape index (κ1) is 24.8. The molecule has 10 heteroatoms. The molecule has 1 atom stereocenters. The highest BCUT2D eigenvalue weighted by atomic mass is 35.5. The zero-order valence-electron chi connectivity index (χ0n) is 18.1. The molecule has 1 heterocycles. The maximum absolute atomic E-state index is 12.6. The van der Waals surface area contributed by atoms with E-state index < -0.39 is 6.04 Å². The monoisotopic (exact) mass is 503 g/mol. The van der Waals surface area contributed by atoms with Crippen molar-refractivity contribution in [2.45, 2.75) is 31.6 Å². The van der Waals surface area contributed by atoms with Gasteiger partial charge in [0.1, 0.15) is 0 Å². The number of carbonyl (C=O) groups is 2. The van der Waals surface area contributed by atoms with Crippen LogP contribution >= 0.6 is 35.0 Å². The van der Waals surface area contributed by atoms with Gasteiger partial charge in [0.25, 0.3) is 5.91 Å². The predicted molar refractivity (Wildman–Crippen MR) is 133 cm³/mol. The number of thioether (sulfide) groups is 1. The van der Waals surface area contributed by atoms with Crippen molar-refractivity contribution in [3.05, 3.63) is 82.1 Å². The molecule has 0 spiro atoms. The van der Waals surface area contributed by atoms with Gasteiger partial charge in [0, 0.05) is 12.1 Å². The number of anilines is 1. The second-order valence-corrected chi connectivity index (χ2v) is 8.97. The van der Waals surface area contributed by atoms with Gasteiger partial charge in [-0.1, -0.05) is 64.8 Å². The minimum atomic E-state index is -0.404. The number of halogens is 2. The Morgan fingerprint density at radius 1 is 1.21 bits per heavy atom. The Morgan fingerprint density at radius 2 is 1.97 bits per heavy atom. The molecule has 0 aliphatic rings. The number of nitrogens with zero attached hydrogens (tertiary/aromatic N) is 3. The molecule has 0 aliphatic heterocycles. The van der Waals surface area contributed by atoms with Gasteiger partial charge >= 0.3 is 0 Å². The fourth-order valence-electron chi connectivity index (χ4n) is 3.08. The summed E-state index contributed by atoms with van der Waals surface area (Å²) in [7, 11) is 0. The van der Waals surface area contributed by atoms with Gasteiger partial charge < -0.3 is 15.2 Å². The molecule has 0 aliphatic carbocycles. The molecule has 0 fully saturated rings. The van der Waals surface area contributed by atoms with Crippen LogP contribution in [-0.4, -0.2) is 32.3 Å². The molecular formula is C23H23Cl2N5O2S. The summed E-state index contributed by atoms with van der Waals surface area (Å²) in [5, 5.41) is 15.3. The summed E-state index contributed by atoms with van der Waals surface area (Å²) in [5.74, 6) is 0.185. The van der Waals surface area contributed by atoms with Crippen molar-refractivity contribution in [1.29, 1.82) is 0 Å². The van der Waals surface area contributed by atoms with Gasteiger partial charge in [-0.3, -0.25) is 9.59 Å². The van der Waals surface area contributed by atoms with Crippen LogP contribution in [0.5, 0.6) is 0 Å². The maximum Gasteiger partial charge on any atom is 0.251 e. The molecule has 33 heavy (non-hydrogen) atoms. The summed E-state index contributed by atoms with van der Waals surface area (Å²) in [4.78, 5) is 25.1. The SMILES string of the molecule is C=CCn1c(SCC(=O)Nc2cccc(Cl)c2Cl)nnc1[C@H](C)NC(=O)c1cccc(C)c1. The average molecular weight is 504 g/mol. The van der Waals surface area contributed by atoms with Crippen molar-refractivity contribution in [3.63, 3.8) is 0 Å². The topological polar surface area (TPSA) is 88.9 Å². The second kappa shape index (κ2) is 11.4. The zero-order chi connectivity index (χ0) is 24.0. The quantitative estimate of drug-likeness (QED) is 0.305. The van der Waals surface area contributed by atoms with E-state index in [9.17, 15) is 9.59 Å². The summed E-state index contributed by atoms with van der Waals surface area (Å²) >= 11 is 13.3. The van der Waals surface area contributed by atoms with E-state index in [1.807, 2.05) is 36.6 Å². The van der Waals surface area contributed by atoms with Gasteiger partial charge in [-0.25, -0.2) is 0 Å². The number of aryl methyl sites for hydroxylation is 1. The molecule has 2 amide bonds. The minimum Gasteiger partial charge on any atom is -0.342 e. The number of allylic oxidation sites excluding steroid dienone is 1. The third-order valence-corrected chi connectivity index (χ3v) is 6.42. The molecule has 0 saturated heterocycles. The van der Waals surface area contributed by atoms with E-state index in [0.29, 0.717) is 33.8 Å². The summed E-state index contributed by atoms with van der Waals surface area (Å²) in [5.41, 5.74) is 2.01. The molecule has 172 valence electrons. The molecule has 3 aromatic rings. The summed E-state index contributed by atoms with van der Waals surface area (Å²) in [6.45, 7) is 7.98. The fourth-order valence-corrected chi connectivity index (χ4v) is 4.18. The van der Waals surface area contributed by atoms with E-state index in [-0.39, 0.29) is 22.6 Å². The van der Waals surface area contributed by atoms with Crippen LogP contribution < -0.4 is 10.6 Å². The Balaban J connectivity index is 1.68. The van der Waals surface area contributed by atoms with Gasteiger partial charge in [-0.15, -0.1) is 16.8 Å². The van der Waals surface area contributed by atoms with E-state index in [2.05, 4.69) is 27.4 Å². The van der Waals surface area contributed by atoms with Crippen molar-refractivity contribution < 1.29 is 9.59 Å². The summed E-state index contributed by atoms with van der Waals surface area (Å²) < 4.78 is 1.82. The third-order valence-electron chi connectivity index (χ3n) is 4.63. The fraction of sp³-hybridized carbons (Fsp3) is 0.217. The van der Waals surface area contributed by atoms with Gasteiger partial charge in [0.05, 0.1) is 27.5 Å². The van der Waals surface area contributed by atoms with Crippen LogP contribution in [0.3, 0.4) is 0 Å². The highest BCUT2D eigenvalue weighted by Gasteiger charge is 2.20. The van der Waals surface area contributed by atoms with Gasteiger partial charge in [0.15, 0.2) is 11.0 Å². The standard InChI is InChI=1S/C23H23Cl2N5O2S/c1-4-11-30-21(15(3)26-22(32)16-8-5-7-14(2)12-16)28-29-23(30)33-13-19(31)27-18-10-6-9-17(24)20(18)25/h4-10,12,15H,1,11,13H2,2-3H3,(H,26,32)(H,27,31)/t15-/m0/s1. The maximum atomic E-state index is 12.6. The Hall–Kier alpha value is -2.81. The zero-order valence-corrected chi connectivity index (χ0v) is 20.5. The average Bonchev–Trinajstić information content (AvgIpc) is 3.18. The molecule has 7 nitrogen and oxygen atoms in total. The second-order valence-electron chi connectivity index (χ2n) is 7.24. The molecule has 2 N–H and O–H groups in total. The largest absolute Gasteiger partial charge is 0.342 e. The third kappa shape index (κ3) is 6.37. The number of aromatic nitrogens is 3. The molecule has 0 saturated carbocycles. The van der Waals surface area contributed by atoms with Crippen molar-refractivity contribution in [2.24, 2.45) is 0 Å². The molecule has 0 unspecified atom stereocenters. The molecule has 2 aromatic carbocycles. The van der Waals surface area contributed by atoms with Gasteiger partial charge in [-0.05, 0) is 38.1 Å². The lowest BCUT2D eigenvalue weighted by molar-refractivity contribution is -0.113. The van der Waals surface area contributed by atoms with Gasteiger partial charge in [0.2, 0.25) is 5.91 Å². The van der Waals surface area contributed by atoms with E-state index in [1.54, 1.807) is 30.3 Å². The lowest BCUT2D eigenvalue weighted by Gasteiger charge is -2.15. The molecule has 0 bridgehead atoms. The van der Waals surface area contributed by atoms with Crippen molar-refractivity contribution in [1.82, 2.24) is 20.1 Å². The lowest BCUT2D eigenvalue weighted by Crippen LogP contribution is -2.29. The first-order valence-corrected chi connectivity index (χ1v) is 11.8. The van der Waals surface area contributed by atoms with E-state index in [0.717, 1.165) is 5.56 Å². The number of hydrogen-bond acceptors (Lipinski definition) is 5. The highest BCUT2D eigenvalue weighted by molar-refractivity contribution is 7.99. The number of amides is 2. The Morgan fingerprint density at radius 3 is 2.70 bits per heavy atom. The molecule has 3 rings (SSSR count). The van der Waals surface area contributed by atoms with Crippen LogP contribution in [0.2, 0.25) is 10.0 Å². The lowest BCUT2D eigenvalue weighted by atomic mass is 10.1.